The fraction of sp³-hybridized carbons (Fsp3) is 0. The first-order valence-corrected chi connectivity index (χ1v) is 3.84. The summed E-state index contributed by atoms with van der Waals surface area (Å²) in [6.45, 7) is 0. The van der Waals surface area contributed by atoms with Gasteiger partial charge in [-0.15, -0.1) is 0 Å². The standard InChI is InChI=1S/C8H6N2.CH3NO2/c1-3-7-4-2-6-10-8(7)9-5-1;2-1(3)4/h1-6H;2H2,(H,3,4). The Kier molecular flexibility index (Phi) is 3.37. The molecule has 2 aromatic rings. The quantitative estimate of drug-likeness (QED) is 0.655. The van der Waals surface area contributed by atoms with Crippen LogP contribution in [0, 0.1) is 0 Å². The molecule has 1 amide bonds. The second-order valence-corrected chi connectivity index (χ2v) is 2.39. The van der Waals surface area contributed by atoms with E-state index in [-0.39, 0.29) is 0 Å². The Morgan fingerprint density at radius 3 is 2.00 bits per heavy atom. The van der Waals surface area contributed by atoms with Crippen molar-refractivity contribution in [3.63, 3.8) is 0 Å². The van der Waals surface area contributed by atoms with Crippen molar-refractivity contribution < 1.29 is 9.90 Å². The largest absolute Gasteiger partial charge is 0.465 e. The smallest absolute Gasteiger partial charge is 0.402 e. The number of hydrogen-bond acceptors (Lipinski definition) is 3. The number of nitrogens with two attached hydrogens (primary N) is 1. The summed E-state index contributed by atoms with van der Waals surface area (Å²) in [5.41, 5.74) is 4.84. The van der Waals surface area contributed by atoms with Crippen molar-refractivity contribution in [1.29, 1.82) is 0 Å². The Morgan fingerprint density at radius 1 is 1.21 bits per heavy atom. The molecule has 72 valence electrons. The molecule has 0 radical (unpaired) electrons. The van der Waals surface area contributed by atoms with Crippen LogP contribution in [0.2, 0.25) is 0 Å². The van der Waals surface area contributed by atoms with Gasteiger partial charge in [-0.2, -0.15) is 0 Å². The van der Waals surface area contributed by atoms with E-state index >= 15 is 0 Å². The first-order chi connectivity index (χ1) is 6.70. The van der Waals surface area contributed by atoms with E-state index in [1.165, 1.54) is 0 Å². The molecule has 0 aliphatic rings. The molecule has 0 atom stereocenters. The molecule has 3 N–H and O–H groups in total. The first kappa shape index (κ1) is 9.91. The SMILES string of the molecule is NC(=O)O.c1cnc2ncccc2c1. The van der Waals surface area contributed by atoms with E-state index in [2.05, 4.69) is 15.7 Å². The second kappa shape index (κ2) is 4.76. The Balaban J connectivity index is 0.000000213. The molecule has 0 saturated heterocycles. The van der Waals surface area contributed by atoms with Crippen LogP contribution in [0.5, 0.6) is 0 Å². The molecule has 2 heterocycles. The summed E-state index contributed by atoms with van der Waals surface area (Å²) in [5, 5.41) is 8.28. The van der Waals surface area contributed by atoms with Gasteiger partial charge in [0.25, 0.3) is 0 Å². The highest BCUT2D eigenvalue weighted by molar-refractivity contribution is 5.73. The van der Waals surface area contributed by atoms with E-state index in [9.17, 15) is 0 Å². The van der Waals surface area contributed by atoms with Crippen molar-refractivity contribution in [1.82, 2.24) is 9.97 Å². The first-order valence-electron chi connectivity index (χ1n) is 3.84. The van der Waals surface area contributed by atoms with Crippen molar-refractivity contribution in [2.75, 3.05) is 0 Å². The summed E-state index contributed by atoms with van der Waals surface area (Å²) in [6, 6.07) is 7.80. The van der Waals surface area contributed by atoms with Gasteiger partial charge >= 0.3 is 6.09 Å². The van der Waals surface area contributed by atoms with Crippen LogP contribution in [0.1, 0.15) is 0 Å². The molecule has 0 saturated carbocycles. The zero-order valence-corrected chi connectivity index (χ0v) is 7.29. The number of carboxylic acid groups (broad SMARTS) is 1. The maximum atomic E-state index is 8.78. The van der Waals surface area contributed by atoms with Crippen LogP contribution in [0.4, 0.5) is 4.79 Å². The third-order valence-electron chi connectivity index (χ3n) is 1.38. The molecule has 14 heavy (non-hydrogen) atoms. The van der Waals surface area contributed by atoms with E-state index < -0.39 is 6.09 Å². The molecule has 5 nitrogen and oxygen atoms in total. The van der Waals surface area contributed by atoms with Gasteiger partial charge in [0, 0.05) is 17.8 Å². The highest BCUT2D eigenvalue weighted by Crippen LogP contribution is 2.04. The van der Waals surface area contributed by atoms with Crippen LogP contribution in [-0.2, 0) is 0 Å². The number of primary amides is 1. The minimum Gasteiger partial charge on any atom is -0.465 e. The van der Waals surface area contributed by atoms with Gasteiger partial charge in [0.2, 0.25) is 0 Å². The number of pyridine rings is 2. The molecule has 0 aromatic carbocycles. The molecule has 0 bridgehead atoms. The lowest BCUT2D eigenvalue weighted by atomic mass is 10.3. The second-order valence-electron chi connectivity index (χ2n) is 2.39. The van der Waals surface area contributed by atoms with Gasteiger partial charge in [-0.25, -0.2) is 14.8 Å². The Hall–Kier alpha value is -2.17. The van der Waals surface area contributed by atoms with Crippen molar-refractivity contribution in [3.05, 3.63) is 36.7 Å². The molecule has 5 heteroatoms. The number of fused-ring (bicyclic) bond motifs is 1. The van der Waals surface area contributed by atoms with Crippen molar-refractivity contribution in [2.24, 2.45) is 5.73 Å². The maximum absolute atomic E-state index is 8.78. The van der Waals surface area contributed by atoms with Crippen LogP contribution in [0.15, 0.2) is 36.7 Å². The maximum Gasteiger partial charge on any atom is 0.402 e. The molecular weight excluding hydrogens is 182 g/mol. The Labute approximate surface area is 80.2 Å². The lowest BCUT2D eigenvalue weighted by Gasteiger charge is -1.90. The number of rotatable bonds is 0. The minimum absolute atomic E-state index is 0.810. The number of aromatic nitrogens is 2. The van der Waals surface area contributed by atoms with Gasteiger partial charge in [-0.1, -0.05) is 0 Å². The van der Waals surface area contributed by atoms with E-state index in [0.29, 0.717) is 0 Å². The van der Waals surface area contributed by atoms with Crippen molar-refractivity contribution in [2.45, 2.75) is 0 Å². The van der Waals surface area contributed by atoms with Crippen LogP contribution in [-0.4, -0.2) is 21.2 Å². The fourth-order valence-corrected chi connectivity index (χ4v) is 0.908. The molecule has 2 rings (SSSR count). The summed E-state index contributed by atoms with van der Waals surface area (Å²) in [4.78, 5) is 16.9. The monoisotopic (exact) mass is 191 g/mol. The molecule has 0 unspecified atom stereocenters. The van der Waals surface area contributed by atoms with Gasteiger partial charge in [0.1, 0.15) is 0 Å². The lowest BCUT2D eigenvalue weighted by molar-refractivity contribution is 0.205. The summed E-state index contributed by atoms with van der Waals surface area (Å²) in [5.74, 6) is 0. The molecule has 0 spiro atoms. The van der Waals surface area contributed by atoms with Gasteiger partial charge in [0.05, 0.1) is 0 Å². The summed E-state index contributed by atoms with van der Waals surface area (Å²) in [6.07, 6.45) is 2.16. The van der Waals surface area contributed by atoms with Gasteiger partial charge < -0.3 is 10.8 Å². The molecule has 0 aliphatic heterocycles. The van der Waals surface area contributed by atoms with Crippen molar-refractivity contribution >= 4 is 17.1 Å². The summed E-state index contributed by atoms with van der Waals surface area (Å²) >= 11 is 0. The van der Waals surface area contributed by atoms with E-state index in [4.69, 9.17) is 9.90 Å². The lowest BCUT2D eigenvalue weighted by Crippen LogP contribution is -2.03. The predicted molar refractivity (Wildman–Crippen MR) is 51.8 cm³/mol. The zero-order chi connectivity index (χ0) is 10.4. The normalized spacial score (nSPS) is 8.86. The molecule has 0 fully saturated rings. The highest BCUT2D eigenvalue weighted by atomic mass is 16.4. The van der Waals surface area contributed by atoms with Crippen LogP contribution in [0.3, 0.4) is 0 Å². The fourth-order valence-electron chi connectivity index (χ4n) is 0.908. The molecule has 2 aromatic heterocycles. The number of hydrogen-bond donors (Lipinski definition) is 2. The van der Waals surface area contributed by atoms with Gasteiger partial charge in [0.15, 0.2) is 5.65 Å². The van der Waals surface area contributed by atoms with Crippen LogP contribution >= 0.6 is 0 Å². The predicted octanol–water partition coefficient (Wildman–Crippen LogP) is 1.25. The third-order valence-corrected chi connectivity index (χ3v) is 1.38. The topological polar surface area (TPSA) is 89.1 Å². The van der Waals surface area contributed by atoms with E-state index in [1.807, 2.05) is 24.3 Å². The number of carbonyl (C=O) groups is 1. The van der Waals surface area contributed by atoms with E-state index in [0.717, 1.165) is 11.0 Å². The highest BCUT2D eigenvalue weighted by Gasteiger charge is 1.88. The van der Waals surface area contributed by atoms with Gasteiger partial charge in [-0.05, 0) is 24.3 Å². The third kappa shape index (κ3) is 3.06. The van der Waals surface area contributed by atoms with Crippen molar-refractivity contribution in [3.8, 4) is 0 Å². The molecular formula is C9H9N3O2. The average molecular weight is 191 g/mol. The number of nitrogens with zero attached hydrogens (tertiary/aromatic N) is 2. The zero-order valence-electron chi connectivity index (χ0n) is 7.29. The number of amides is 1. The average Bonchev–Trinajstić information content (AvgIpc) is 2.17. The summed E-state index contributed by atoms with van der Waals surface area (Å²) < 4.78 is 0. The van der Waals surface area contributed by atoms with E-state index in [1.54, 1.807) is 12.4 Å². The minimum atomic E-state index is -1.33. The van der Waals surface area contributed by atoms with Gasteiger partial charge in [-0.3, -0.25) is 0 Å². The van der Waals surface area contributed by atoms with Crippen LogP contribution in [0.25, 0.3) is 11.0 Å². The molecule has 0 aliphatic carbocycles. The Morgan fingerprint density at radius 2 is 1.64 bits per heavy atom. The Bertz CT molecular complexity index is 362. The van der Waals surface area contributed by atoms with Crippen LogP contribution < -0.4 is 5.73 Å². The summed E-state index contributed by atoms with van der Waals surface area (Å²) in [7, 11) is 0.